The van der Waals surface area contributed by atoms with E-state index in [1.807, 2.05) is 0 Å². The molecule has 5 N–H and O–H groups in total. The van der Waals surface area contributed by atoms with Gasteiger partial charge in [-0.25, -0.2) is 0 Å². The number of nitrogens with two attached hydrogens (primary N) is 2. The highest BCUT2D eigenvalue weighted by molar-refractivity contribution is 5.96. The molecule has 0 saturated carbocycles. The van der Waals surface area contributed by atoms with Crippen molar-refractivity contribution in [2.45, 2.75) is 25.4 Å². The van der Waals surface area contributed by atoms with E-state index >= 15 is 0 Å². The van der Waals surface area contributed by atoms with Crippen molar-refractivity contribution in [2.75, 3.05) is 24.6 Å². The fourth-order valence-corrected chi connectivity index (χ4v) is 2.13. The van der Waals surface area contributed by atoms with E-state index in [9.17, 15) is 4.79 Å². The lowest BCUT2D eigenvalue weighted by atomic mass is 10.1. The van der Waals surface area contributed by atoms with Crippen molar-refractivity contribution in [2.24, 2.45) is 0 Å². The normalized spacial score (nSPS) is 18.8. The highest BCUT2D eigenvalue weighted by Gasteiger charge is 2.15. The van der Waals surface area contributed by atoms with Crippen molar-refractivity contribution >= 4 is 17.3 Å². The van der Waals surface area contributed by atoms with E-state index in [4.69, 9.17) is 16.2 Å². The molecule has 1 fully saturated rings. The number of carbonyl (C=O) groups is 1. The fraction of sp³-hybridized carbons (Fsp3) is 0.462. The summed E-state index contributed by atoms with van der Waals surface area (Å²) in [7, 11) is 0. The van der Waals surface area contributed by atoms with Crippen molar-refractivity contribution in [1.82, 2.24) is 5.32 Å². The van der Waals surface area contributed by atoms with Crippen LogP contribution in [0.2, 0.25) is 0 Å². The van der Waals surface area contributed by atoms with Crippen LogP contribution >= 0.6 is 0 Å². The van der Waals surface area contributed by atoms with Gasteiger partial charge in [-0.15, -0.1) is 0 Å². The Balaban J connectivity index is 1.83. The van der Waals surface area contributed by atoms with Crippen molar-refractivity contribution < 1.29 is 9.53 Å². The Hall–Kier alpha value is -1.75. The zero-order valence-electron chi connectivity index (χ0n) is 10.3. The minimum atomic E-state index is -0.146. The number of nitrogen functional groups attached to an aromatic ring is 2. The summed E-state index contributed by atoms with van der Waals surface area (Å²) in [4.78, 5) is 11.9. The van der Waals surface area contributed by atoms with Crippen LogP contribution in [0.5, 0.6) is 0 Å². The van der Waals surface area contributed by atoms with Gasteiger partial charge in [-0.3, -0.25) is 4.79 Å². The lowest BCUT2D eigenvalue weighted by Crippen LogP contribution is -2.27. The third-order valence-electron chi connectivity index (χ3n) is 3.02. The van der Waals surface area contributed by atoms with Crippen LogP contribution in [0.25, 0.3) is 0 Å². The number of nitrogens with one attached hydrogen (secondary N) is 1. The molecule has 98 valence electrons. The smallest absolute Gasteiger partial charge is 0.251 e. The Bertz CT molecular complexity index is 408. The van der Waals surface area contributed by atoms with Crippen LogP contribution in [0.1, 0.15) is 29.6 Å². The fourth-order valence-electron chi connectivity index (χ4n) is 2.13. The number of carbonyl (C=O) groups excluding carboxylic acids is 1. The second-order valence-electron chi connectivity index (χ2n) is 4.57. The topological polar surface area (TPSA) is 90.4 Å². The largest absolute Gasteiger partial charge is 0.399 e. The maximum Gasteiger partial charge on any atom is 0.251 e. The van der Waals surface area contributed by atoms with Gasteiger partial charge in [0, 0.05) is 30.1 Å². The SMILES string of the molecule is Nc1cc(N)cc(C(=O)NCCC2CCCO2)c1. The van der Waals surface area contributed by atoms with Crippen molar-refractivity contribution in [1.29, 1.82) is 0 Å². The number of hydrogen-bond acceptors (Lipinski definition) is 4. The molecule has 0 bridgehead atoms. The molecule has 1 aromatic rings. The predicted octanol–water partition coefficient (Wildman–Crippen LogP) is 1.15. The van der Waals surface area contributed by atoms with Gasteiger partial charge in [-0.1, -0.05) is 0 Å². The average molecular weight is 249 g/mol. The lowest BCUT2D eigenvalue weighted by Gasteiger charge is -2.10. The molecule has 1 heterocycles. The molecule has 0 aliphatic carbocycles. The molecule has 1 aliphatic rings. The van der Waals surface area contributed by atoms with Crippen molar-refractivity contribution in [3.05, 3.63) is 23.8 Å². The van der Waals surface area contributed by atoms with E-state index in [0.717, 1.165) is 25.9 Å². The summed E-state index contributed by atoms with van der Waals surface area (Å²) in [6, 6.07) is 4.87. The van der Waals surface area contributed by atoms with E-state index in [1.165, 1.54) is 0 Å². The average Bonchev–Trinajstić information content (AvgIpc) is 2.80. The zero-order chi connectivity index (χ0) is 13.0. The molecular weight excluding hydrogens is 230 g/mol. The van der Waals surface area contributed by atoms with Gasteiger partial charge in [0.05, 0.1) is 6.10 Å². The molecular formula is C13H19N3O2. The molecule has 1 aliphatic heterocycles. The molecule has 5 nitrogen and oxygen atoms in total. The standard InChI is InChI=1S/C13H19N3O2/c14-10-6-9(7-11(15)8-10)13(17)16-4-3-12-2-1-5-18-12/h6-8,12H,1-5,14-15H2,(H,16,17). The van der Waals surface area contributed by atoms with Crippen LogP contribution in [0.4, 0.5) is 11.4 Å². The first-order valence-electron chi connectivity index (χ1n) is 6.21. The molecule has 0 radical (unpaired) electrons. The molecule has 5 heteroatoms. The van der Waals surface area contributed by atoms with Crippen LogP contribution in [-0.2, 0) is 4.74 Å². The van der Waals surface area contributed by atoms with Crippen LogP contribution < -0.4 is 16.8 Å². The van der Waals surface area contributed by atoms with Crippen LogP contribution in [-0.4, -0.2) is 25.2 Å². The second-order valence-corrected chi connectivity index (χ2v) is 4.57. The Morgan fingerprint density at radius 2 is 2.06 bits per heavy atom. The number of rotatable bonds is 4. The summed E-state index contributed by atoms with van der Waals surface area (Å²) in [5.74, 6) is -0.146. The van der Waals surface area contributed by atoms with Gasteiger partial charge in [0.15, 0.2) is 0 Å². The van der Waals surface area contributed by atoms with Crippen LogP contribution in [0, 0.1) is 0 Å². The van der Waals surface area contributed by atoms with Crippen molar-refractivity contribution in [3.8, 4) is 0 Å². The van der Waals surface area contributed by atoms with E-state index in [0.29, 0.717) is 23.5 Å². The lowest BCUT2D eigenvalue weighted by molar-refractivity contribution is 0.0907. The van der Waals surface area contributed by atoms with Gasteiger partial charge >= 0.3 is 0 Å². The third kappa shape index (κ3) is 3.37. The van der Waals surface area contributed by atoms with Gasteiger partial charge in [-0.2, -0.15) is 0 Å². The minimum absolute atomic E-state index is 0.146. The van der Waals surface area contributed by atoms with E-state index in [2.05, 4.69) is 5.32 Å². The number of anilines is 2. The number of amides is 1. The molecule has 1 amide bonds. The van der Waals surface area contributed by atoms with Gasteiger partial charge in [0.2, 0.25) is 0 Å². The van der Waals surface area contributed by atoms with E-state index in [-0.39, 0.29) is 12.0 Å². The quantitative estimate of drug-likeness (QED) is 0.698. The first-order valence-corrected chi connectivity index (χ1v) is 6.21. The number of benzene rings is 1. The Morgan fingerprint density at radius 3 is 2.67 bits per heavy atom. The van der Waals surface area contributed by atoms with E-state index < -0.39 is 0 Å². The third-order valence-corrected chi connectivity index (χ3v) is 3.02. The van der Waals surface area contributed by atoms with Gasteiger partial charge < -0.3 is 21.5 Å². The zero-order valence-corrected chi connectivity index (χ0v) is 10.3. The second kappa shape index (κ2) is 5.73. The molecule has 0 aromatic heterocycles. The first-order chi connectivity index (χ1) is 8.65. The first kappa shape index (κ1) is 12.7. The van der Waals surface area contributed by atoms with Gasteiger partial charge in [-0.05, 0) is 37.5 Å². The number of ether oxygens (including phenoxy) is 1. The highest BCUT2D eigenvalue weighted by atomic mass is 16.5. The highest BCUT2D eigenvalue weighted by Crippen LogP contribution is 2.15. The molecule has 2 rings (SSSR count). The molecule has 1 aromatic carbocycles. The van der Waals surface area contributed by atoms with E-state index in [1.54, 1.807) is 18.2 Å². The van der Waals surface area contributed by atoms with Crippen LogP contribution in [0.3, 0.4) is 0 Å². The molecule has 0 spiro atoms. The number of hydrogen-bond donors (Lipinski definition) is 3. The Kier molecular flexibility index (Phi) is 4.04. The van der Waals surface area contributed by atoms with Gasteiger partial charge in [0.1, 0.15) is 0 Å². The van der Waals surface area contributed by atoms with Crippen LogP contribution in [0.15, 0.2) is 18.2 Å². The molecule has 1 saturated heterocycles. The predicted molar refractivity (Wildman–Crippen MR) is 71.2 cm³/mol. The maximum absolute atomic E-state index is 11.9. The summed E-state index contributed by atoms with van der Waals surface area (Å²) in [5, 5.41) is 2.85. The minimum Gasteiger partial charge on any atom is -0.399 e. The molecule has 1 atom stereocenters. The monoisotopic (exact) mass is 249 g/mol. The summed E-state index contributed by atoms with van der Waals surface area (Å²) >= 11 is 0. The summed E-state index contributed by atoms with van der Waals surface area (Å²) in [5.41, 5.74) is 12.8. The van der Waals surface area contributed by atoms with Gasteiger partial charge in [0.25, 0.3) is 5.91 Å². The summed E-state index contributed by atoms with van der Waals surface area (Å²) < 4.78 is 5.49. The van der Waals surface area contributed by atoms with Crippen molar-refractivity contribution in [3.63, 3.8) is 0 Å². The summed E-state index contributed by atoms with van der Waals surface area (Å²) in [6.07, 6.45) is 3.34. The molecule has 1 unspecified atom stereocenters. The maximum atomic E-state index is 11.9. The summed E-state index contributed by atoms with van der Waals surface area (Å²) in [6.45, 7) is 1.45. The Labute approximate surface area is 106 Å². The Morgan fingerprint density at radius 1 is 1.33 bits per heavy atom. The molecule has 18 heavy (non-hydrogen) atoms.